The van der Waals surface area contributed by atoms with Crippen molar-refractivity contribution in [1.82, 2.24) is 9.72 Å². The van der Waals surface area contributed by atoms with Crippen LogP contribution in [0.25, 0.3) is 17.1 Å². The van der Waals surface area contributed by atoms with E-state index in [1.54, 1.807) is 16.7 Å². The van der Waals surface area contributed by atoms with E-state index in [1.807, 2.05) is 30.3 Å². The van der Waals surface area contributed by atoms with Gasteiger partial charge in [0.1, 0.15) is 5.82 Å². The van der Waals surface area contributed by atoms with Crippen molar-refractivity contribution in [3.05, 3.63) is 66.1 Å². The molecule has 1 heterocycles. The van der Waals surface area contributed by atoms with Crippen LogP contribution in [0.5, 0.6) is 0 Å². The lowest BCUT2D eigenvalue weighted by Gasteiger charge is -2.04. The number of rotatable bonds is 2. The van der Waals surface area contributed by atoms with E-state index >= 15 is 0 Å². The SMILES string of the molecule is N=c1onc(-c2ccc(F)cc2)n1-c1ccccc1. The molecular weight excluding hydrogens is 245 g/mol. The van der Waals surface area contributed by atoms with E-state index in [0.717, 1.165) is 5.69 Å². The van der Waals surface area contributed by atoms with Gasteiger partial charge in [-0.15, -0.1) is 0 Å². The molecule has 0 amide bonds. The molecule has 2 aromatic carbocycles. The second-order valence-corrected chi connectivity index (χ2v) is 3.99. The monoisotopic (exact) mass is 255 g/mol. The largest absolute Gasteiger partial charge is 0.325 e. The molecule has 0 saturated carbocycles. The summed E-state index contributed by atoms with van der Waals surface area (Å²) in [5, 5.41) is 11.7. The van der Waals surface area contributed by atoms with Crippen LogP contribution in [0.4, 0.5) is 4.39 Å². The fourth-order valence-electron chi connectivity index (χ4n) is 1.86. The zero-order valence-electron chi connectivity index (χ0n) is 9.88. The minimum absolute atomic E-state index is 0.0782. The van der Waals surface area contributed by atoms with Gasteiger partial charge in [0.05, 0.1) is 5.69 Å². The van der Waals surface area contributed by atoms with Crippen molar-refractivity contribution in [2.75, 3.05) is 0 Å². The van der Waals surface area contributed by atoms with Gasteiger partial charge in [-0.05, 0) is 36.4 Å². The van der Waals surface area contributed by atoms with Crippen LogP contribution in [0, 0.1) is 11.2 Å². The summed E-state index contributed by atoms with van der Waals surface area (Å²) in [6, 6.07) is 15.2. The third-order valence-corrected chi connectivity index (χ3v) is 2.75. The number of aromatic nitrogens is 2. The van der Waals surface area contributed by atoms with E-state index in [9.17, 15) is 4.39 Å². The number of benzene rings is 2. The topological polar surface area (TPSA) is 54.8 Å². The lowest BCUT2D eigenvalue weighted by Crippen LogP contribution is -2.13. The lowest BCUT2D eigenvalue weighted by molar-refractivity contribution is 0.365. The van der Waals surface area contributed by atoms with E-state index in [4.69, 9.17) is 9.93 Å². The number of nitrogens with one attached hydrogen (secondary N) is 1. The van der Waals surface area contributed by atoms with Crippen molar-refractivity contribution in [2.45, 2.75) is 0 Å². The van der Waals surface area contributed by atoms with Crippen molar-refractivity contribution in [1.29, 1.82) is 5.41 Å². The molecule has 4 nitrogen and oxygen atoms in total. The van der Waals surface area contributed by atoms with Gasteiger partial charge >= 0.3 is 5.68 Å². The van der Waals surface area contributed by atoms with Crippen LogP contribution in [-0.2, 0) is 0 Å². The molecule has 0 unspecified atom stereocenters. The Balaban J connectivity index is 2.19. The average Bonchev–Trinajstić information content (AvgIpc) is 2.82. The second kappa shape index (κ2) is 4.53. The standard InChI is InChI=1S/C14H10FN3O/c15-11-8-6-10(7-9-11)13-17-19-14(16)18(13)12-4-2-1-3-5-12/h1-9,16H. The Hall–Kier alpha value is -2.69. The molecule has 0 spiro atoms. The maximum absolute atomic E-state index is 12.9. The fourth-order valence-corrected chi connectivity index (χ4v) is 1.86. The smallest absolute Gasteiger partial charge is 0.315 e. The maximum atomic E-state index is 12.9. The van der Waals surface area contributed by atoms with Gasteiger partial charge in [0.2, 0.25) is 0 Å². The predicted octanol–water partition coefficient (Wildman–Crippen LogP) is 2.75. The highest BCUT2D eigenvalue weighted by atomic mass is 19.1. The van der Waals surface area contributed by atoms with Gasteiger partial charge < -0.3 is 4.52 Å². The molecule has 0 bridgehead atoms. The number of halogens is 1. The van der Waals surface area contributed by atoms with Crippen LogP contribution < -0.4 is 5.68 Å². The van der Waals surface area contributed by atoms with Crippen LogP contribution >= 0.6 is 0 Å². The third-order valence-electron chi connectivity index (χ3n) is 2.75. The van der Waals surface area contributed by atoms with Crippen LogP contribution in [0.1, 0.15) is 0 Å². The number of para-hydroxylation sites is 1. The molecule has 3 aromatic rings. The Morgan fingerprint density at radius 3 is 2.37 bits per heavy atom. The van der Waals surface area contributed by atoms with E-state index in [1.165, 1.54) is 12.1 Å². The Morgan fingerprint density at radius 2 is 1.68 bits per heavy atom. The molecule has 0 aliphatic heterocycles. The van der Waals surface area contributed by atoms with E-state index < -0.39 is 0 Å². The van der Waals surface area contributed by atoms with Crippen LogP contribution in [0.15, 0.2) is 59.1 Å². The van der Waals surface area contributed by atoms with Crippen molar-refractivity contribution in [3.8, 4) is 17.1 Å². The summed E-state index contributed by atoms with van der Waals surface area (Å²) < 4.78 is 19.4. The quantitative estimate of drug-likeness (QED) is 0.765. The first kappa shape index (κ1) is 11.4. The first-order valence-electron chi connectivity index (χ1n) is 5.70. The highest BCUT2D eigenvalue weighted by Gasteiger charge is 2.12. The highest BCUT2D eigenvalue weighted by Crippen LogP contribution is 2.19. The lowest BCUT2D eigenvalue weighted by atomic mass is 10.2. The second-order valence-electron chi connectivity index (χ2n) is 3.99. The van der Waals surface area contributed by atoms with Crippen LogP contribution in [0.2, 0.25) is 0 Å². The summed E-state index contributed by atoms with van der Waals surface area (Å²) in [6.45, 7) is 0. The third kappa shape index (κ3) is 2.06. The summed E-state index contributed by atoms with van der Waals surface area (Å²) in [4.78, 5) is 0. The van der Waals surface area contributed by atoms with Gasteiger partial charge in [-0.2, -0.15) is 0 Å². The van der Waals surface area contributed by atoms with E-state index in [2.05, 4.69) is 5.16 Å². The molecule has 94 valence electrons. The molecule has 0 saturated heterocycles. The maximum Gasteiger partial charge on any atom is 0.325 e. The summed E-state index contributed by atoms with van der Waals surface area (Å²) in [6.07, 6.45) is 0. The first-order valence-corrected chi connectivity index (χ1v) is 5.70. The molecule has 0 atom stereocenters. The molecule has 5 heteroatoms. The summed E-state index contributed by atoms with van der Waals surface area (Å²) in [5.41, 5.74) is 1.38. The van der Waals surface area contributed by atoms with E-state index in [-0.39, 0.29) is 11.5 Å². The van der Waals surface area contributed by atoms with Crippen molar-refractivity contribution >= 4 is 0 Å². The van der Waals surface area contributed by atoms with Crippen molar-refractivity contribution < 1.29 is 8.91 Å². The van der Waals surface area contributed by atoms with Crippen molar-refractivity contribution in [3.63, 3.8) is 0 Å². The number of hydrogen-bond donors (Lipinski definition) is 1. The van der Waals surface area contributed by atoms with E-state index in [0.29, 0.717) is 11.4 Å². The van der Waals surface area contributed by atoms with Crippen molar-refractivity contribution in [2.24, 2.45) is 0 Å². The van der Waals surface area contributed by atoms with Gasteiger partial charge in [0, 0.05) is 5.56 Å². The Morgan fingerprint density at radius 1 is 1.00 bits per heavy atom. The van der Waals surface area contributed by atoms with Gasteiger partial charge in [-0.1, -0.05) is 23.4 Å². The molecule has 1 aromatic heterocycles. The van der Waals surface area contributed by atoms with Crippen LogP contribution in [0.3, 0.4) is 0 Å². The summed E-state index contributed by atoms with van der Waals surface area (Å²) in [5.74, 6) is 0.154. The van der Waals surface area contributed by atoms with Gasteiger partial charge in [-0.25, -0.2) is 14.4 Å². The highest BCUT2D eigenvalue weighted by molar-refractivity contribution is 5.57. The first-order chi connectivity index (χ1) is 9.25. The number of nitrogens with zero attached hydrogens (tertiary/aromatic N) is 2. The summed E-state index contributed by atoms with van der Waals surface area (Å²) in [7, 11) is 0. The Labute approximate surface area is 108 Å². The normalized spacial score (nSPS) is 10.6. The Kier molecular flexibility index (Phi) is 2.72. The Bertz CT molecular complexity index is 744. The molecule has 19 heavy (non-hydrogen) atoms. The zero-order valence-corrected chi connectivity index (χ0v) is 9.88. The molecule has 0 aliphatic carbocycles. The minimum atomic E-state index is -0.315. The number of hydrogen-bond acceptors (Lipinski definition) is 3. The molecule has 0 fully saturated rings. The predicted molar refractivity (Wildman–Crippen MR) is 67.1 cm³/mol. The average molecular weight is 255 g/mol. The molecular formula is C14H10FN3O. The molecule has 0 radical (unpaired) electrons. The molecule has 0 aliphatic rings. The fraction of sp³-hybridized carbons (Fsp3) is 0. The van der Waals surface area contributed by atoms with Gasteiger partial charge in [0.25, 0.3) is 0 Å². The van der Waals surface area contributed by atoms with Crippen LogP contribution in [-0.4, -0.2) is 9.72 Å². The van der Waals surface area contributed by atoms with Gasteiger partial charge in [0.15, 0.2) is 5.82 Å². The van der Waals surface area contributed by atoms with Gasteiger partial charge in [-0.3, -0.25) is 0 Å². The summed E-state index contributed by atoms with van der Waals surface area (Å²) >= 11 is 0. The minimum Gasteiger partial charge on any atom is -0.315 e. The molecule has 1 N–H and O–H groups in total. The zero-order chi connectivity index (χ0) is 13.2. The molecule has 3 rings (SSSR count).